The summed E-state index contributed by atoms with van der Waals surface area (Å²) in [6.07, 6.45) is 0. The van der Waals surface area contributed by atoms with Gasteiger partial charge in [-0.05, 0) is 25.2 Å². The lowest BCUT2D eigenvalue weighted by atomic mass is 9.89. The second-order valence-electron chi connectivity index (χ2n) is 6.97. The van der Waals surface area contributed by atoms with Gasteiger partial charge >= 0.3 is 0 Å². The lowest BCUT2D eigenvalue weighted by molar-refractivity contribution is 0.0917. The first-order valence-corrected chi connectivity index (χ1v) is 9.79. The molecule has 4 rings (SSSR count). The molecule has 2 aromatic rings. The fourth-order valence-electron chi connectivity index (χ4n) is 3.53. The maximum atomic E-state index is 13.3. The van der Waals surface area contributed by atoms with Gasteiger partial charge in [-0.15, -0.1) is 0 Å². The number of carbonyl (C=O) groups is 2. The Labute approximate surface area is 173 Å². The SMILES string of the molecule is CN1CCN(C2=C(Nc3ccc(Cl)c(Cl)c3)C(=O)c3ccccc3C2=O)CC1. The van der Waals surface area contributed by atoms with Gasteiger partial charge in [0.1, 0.15) is 11.4 Å². The molecule has 1 aliphatic carbocycles. The molecule has 5 nitrogen and oxygen atoms in total. The summed E-state index contributed by atoms with van der Waals surface area (Å²) in [6.45, 7) is 3.01. The second kappa shape index (κ2) is 7.59. The van der Waals surface area contributed by atoms with Crippen molar-refractivity contribution in [2.24, 2.45) is 0 Å². The van der Waals surface area contributed by atoms with Crippen molar-refractivity contribution in [3.8, 4) is 0 Å². The number of benzene rings is 2. The smallest absolute Gasteiger partial charge is 0.212 e. The van der Waals surface area contributed by atoms with Crippen LogP contribution in [0.25, 0.3) is 0 Å². The number of rotatable bonds is 3. The number of piperazine rings is 1. The first-order valence-electron chi connectivity index (χ1n) is 9.04. The molecule has 0 unspecified atom stereocenters. The third-order valence-corrected chi connectivity index (χ3v) is 5.84. The second-order valence-corrected chi connectivity index (χ2v) is 7.79. The number of likely N-dealkylation sites (N-methyl/N-ethyl adjacent to an activating group) is 1. The predicted octanol–water partition coefficient (Wildman–Crippen LogP) is 3.94. The highest BCUT2D eigenvalue weighted by molar-refractivity contribution is 6.42. The minimum absolute atomic E-state index is 0.137. The summed E-state index contributed by atoms with van der Waals surface area (Å²) >= 11 is 12.1. The zero-order valence-corrected chi connectivity index (χ0v) is 16.8. The number of halogens is 2. The van der Waals surface area contributed by atoms with Crippen LogP contribution in [0.15, 0.2) is 53.9 Å². The highest BCUT2D eigenvalue weighted by Gasteiger charge is 2.36. The van der Waals surface area contributed by atoms with Crippen molar-refractivity contribution in [1.82, 2.24) is 9.80 Å². The number of nitrogens with zero attached hydrogens (tertiary/aromatic N) is 2. The van der Waals surface area contributed by atoms with Gasteiger partial charge in [0.05, 0.1) is 10.0 Å². The Morgan fingerprint density at radius 1 is 0.857 bits per heavy atom. The quantitative estimate of drug-likeness (QED) is 0.822. The summed E-state index contributed by atoms with van der Waals surface area (Å²) < 4.78 is 0. The largest absolute Gasteiger partial charge is 0.364 e. The van der Waals surface area contributed by atoms with E-state index in [4.69, 9.17) is 23.2 Å². The van der Waals surface area contributed by atoms with Crippen LogP contribution in [-0.4, -0.2) is 54.6 Å². The third kappa shape index (κ3) is 3.41. The number of nitrogens with one attached hydrogen (secondary N) is 1. The Morgan fingerprint density at radius 2 is 1.50 bits per heavy atom. The minimum Gasteiger partial charge on any atom is -0.364 e. The van der Waals surface area contributed by atoms with E-state index in [2.05, 4.69) is 10.2 Å². The van der Waals surface area contributed by atoms with Crippen molar-refractivity contribution in [3.63, 3.8) is 0 Å². The van der Waals surface area contributed by atoms with E-state index < -0.39 is 0 Å². The monoisotopic (exact) mass is 415 g/mol. The molecule has 1 heterocycles. The Kier molecular flexibility index (Phi) is 5.15. The molecular weight excluding hydrogens is 397 g/mol. The van der Waals surface area contributed by atoms with Crippen molar-refractivity contribution in [1.29, 1.82) is 0 Å². The maximum absolute atomic E-state index is 13.3. The van der Waals surface area contributed by atoms with Gasteiger partial charge in [0, 0.05) is 43.0 Å². The molecule has 1 fully saturated rings. The van der Waals surface area contributed by atoms with Crippen LogP contribution in [0, 0.1) is 0 Å². The average molecular weight is 416 g/mol. The van der Waals surface area contributed by atoms with Gasteiger partial charge in [0.2, 0.25) is 11.6 Å². The molecule has 2 aliphatic rings. The zero-order valence-electron chi connectivity index (χ0n) is 15.3. The number of allylic oxidation sites excluding steroid dienone is 2. The highest BCUT2D eigenvalue weighted by Crippen LogP contribution is 2.31. The summed E-state index contributed by atoms with van der Waals surface area (Å²) in [5.74, 6) is -0.336. The lowest BCUT2D eigenvalue weighted by Gasteiger charge is -2.37. The van der Waals surface area contributed by atoms with Crippen LogP contribution in [0.2, 0.25) is 10.0 Å². The Bertz CT molecular complexity index is 995. The number of carbonyl (C=O) groups excluding carboxylic acids is 2. The molecule has 2 aromatic carbocycles. The number of Topliss-reactive ketones (excluding diaryl/α,β-unsaturated/α-hetero) is 2. The van der Waals surface area contributed by atoms with Gasteiger partial charge in [-0.3, -0.25) is 9.59 Å². The molecule has 144 valence electrons. The van der Waals surface area contributed by atoms with Crippen molar-refractivity contribution in [3.05, 3.63) is 75.0 Å². The standard InChI is InChI=1S/C21H19Cl2N3O2/c1-25-8-10-26(11-9-25)19-18(24-13-6-7-16(22)17(23)12-13)20(27)14-4-2-3-5-15(14)21(19)28/h2-7,12,24H,8-11H2,1H3. The molecule has 0 spiro atoms. The molecule has 1 saturated heterocycles. The van der Waals surface area contributed by atoms with E-state index in [0.29, 0.717) is 45.6 Å². The Morgan fingerprint density at radius 3 is 2.14 bits per heavy atom. The number of hydrogen-bond acceptors (Lipinski definition) is 5. The number of anilines is 1. The van der Waals surface area contributed by atoms with E-state index in [0.717, 1.165) is 13.1 Å². The summed E-state index contributed by atoms with van der Waals surface area (Å²) in [4.78, 5) is 30.8. The summed E-state index contributed by atoms with van der Waals surface area (Å²) in [5.41, 5.74) is 2.17. The molecule has 0 saturated carbocycles. The van der Waals surface area contributed by atoms with E-state index in [1.165, 1.54) is 0 Å². The van der Waals surface area contributed by atoms with Gasteiger partial charge in [-0.1, -0.05) is 47.5 Å². The molecule has 0 aromatic heterocycles. The predicted molar refractivity (Wildman–Crippen MR) is 111 cm³/mol. The van der Waals surface area contributed by atoms with Crippen LogP contribution in [0.3, 0.4) is 0 Å². The van der Waals surface area contributed by atoms with Gasteiger partial charge in [0.15, 0.2) is 0 Å². The van der Waals surface area contributed by atoms with E-state index in [1.54, 1.807) is 42.5 Å². The molecule has 0 atom stereocenters. The summed E-state index contributed by atoms with van der Waals surface area (Å²) in [7, 11) is 2.05. The van der Waals surface area contributed by atoms with Crippen LogP contribution in [0.5, 0.6) is 0 Å². The molecular formula is C21H19Cl2N3O2. The van der Waals surface area contributed by atoms with E-state index in [1.807, 2.05) is 11.9 Å². The molecule has 0 radical (unpaired) electrons. The van der Waals surface area contributed by atoms with Crippen molar-refractivity contribution < 1.29 is 9.59 Å². The first-order chi connectivity index (χ1) is 13.5. The zero-order chi connectivity index (χ0) is 19.8. The van der Waals surface area contributed by atoms with Crippen LogP contribution in [-0.2, 0) is 0 Å². The summed E-state index contributed by atoms with van der Waals surface area (Å²) in [6, 6.07) is 12.0. The van der Waals surface area contributed by atoms with Crippen molar-refractivity contribution in [2.75, 3.05) is 38.5 Å². The molecule has 1 N–H and O–H groups in total. The van der Waals surface area contributed by atoms with E-state index >= 15 is 0 Å². The Hall–Kier alpha value is -2.34. The lowest BCUT2D eigenvalue weighted by Crippen LogP contribution is -2.47. The summed E-state index contributed by atoms with van der Waals surface area (Å²) in [5, 5.41) is 3.95. The number of fused-ring (bicyclic) bond motifs is 1. The van der Waals surface area contributed by atoms with Gasteiger partial charge in [-0.25, -0.2) is 0 Å². The normalized spacial score (nSPS) is 17.8. The molecule has 1 aliphatic heterocycles. The van der Waals surface area contributed by atoms with E-state index in [-0.39, 0.29) is 17.3 Å². The Balaban J connectivity index is 1.80. The highest BCUT2D eigenvalue weighted by atomic mass is 35.5. The molecule has 7 heteroatoms. The fraction of sp³-hybridized carbons (Fsp3) is 0.238. The number of hydrogen-bond donors (Lipinski definition) is 1. The van der Waals surface area contributed by atoms with Crippen LogP contribution in [0.4, 0.5) is 5.69 Å². The first kappa shape index (κ1) is 19.0. The minimum atomic E-state index is -0.199. The number of ketones is 2. The van der Waals surface area contributed by atoms with Crippen molar-refractivity contribution in [2.45, 2.75) is 0 Å². The third-order valence-electron chi connectivity index (χ3n) is 5.10. The van der Waals surface area contributed by atoms with Crippen LogP contribution in [0.1, 0.15) is 20.7 Å². The van der Waals surface area contributed by atoms with E-state index in [9.17, 15) is 9.59 Å². The topological polar surface area (TPSA) is 52.6 Å². The molecule has 28 heavy (non-hydrogen) atoms. The molecule has 0 amide bonds. The van der Waals surface area contributed by atoms with Crippen LogP contribution < -0.4 is 5.32 Å². The van der Waals surface area contributed by atoms with Gasteiger partial charge in [0.25, 0.3) is 0 Å². The fourth-order valence-corrected chi connectivity index (χ4v) is 3.83. The average Bonchev–Trinajstić information content (AvgIpc) is 2.70. The van der Waals surface area contributed by atoms with Gasteiger partial charge in [-0.2, -0.15) is 0 Å². The van der Waals surface area contributed by atoms with Gasteiger partial charge < -0.3 is 15.1 Å². The van der Waals surface area contributed by atoms with Crippen molar-refractivity contribution >= 4 is 40.5 Å². The molecule has 0 bridgehead atoms. The maximum Gasteiger partial charge on any atom is 0.212 e. The van der Waals surface area contributed by atoms with Crippen LogP contribution >= 0.6 is 23.2 Å².